The normalized spacial score (nSPS) is 20.1. The number of aliphatic imine (C=N–C) groups is 1. The van der Waals surface area contributed by atoms with Crippen LogP contribution in [0.3, 0.4) is 0 Å². The molecule has 0 bridgehead atoms. The third-order valence-corrected chi connectivity index (χ3v) is 4.01. The van der Waals surface area contributed by atoms with Gasteiger partial charge in [0.1, 0.15) is 0 Å². The second-order valence-electron chi connectivity index (χ2n) is 6.26. The first-order chi connectivity index (χ1) is 12.0. The molecule has 2 unspecified atom stereocenters. The van der Waals surface area contributed by atoms with Gasteiger partial charge in [0.2, 0.25) is 0 Å². The maximum absolute atomic E-state index is 12.6. The molecule has 1 aromatic carbocycles. The van der Waals surface area contributed by atoms with Crippen molar-refractivity contribution in [1.29, 1.82) is 0 Å². The number of morpholine rings is 1. The van der Waals surface area contributed by atoms with Gasteiger partial charge in [0.15, 0.2) is 5.96 Å². The minimum absolute atomic E-state index is 0. The van der Waals surface area contributed by atoms with Crippen molar-refractivity contribution in [3.63, 3.8) is 0 Å². The second kappa shape index (κ2) is 11.2. The van der Waals surface area contributed by atoms with Crippen LogP contribution in [-0.4, -0.2) is 55.7 Å². The van der Waals surface area contributed by atoms with Gasteiger partial charge in [-0.05, 0) is 31.5 Å². The minimum atomic E-state index is 0. The zero-order valence-corrected chi connectivity index (χ0v) is 18.0. The molecule has 6 nitrogen and oxygen atoms in total. The van der Waals surface area contributed by atoms with E-state index >= 15 is 0 Å². The van der Waals surface area contributed by atoms with Crippen molar-refractivity contribution in [1.82, 2.24) is 15.5 Å². The summed E-state index contributed by atoms with van der Waals surface area (Å²) in [6, 6.07) is 7.69. The lowest BCUT2D eigenvalue weighted by molar-refractivity contribution is -0.0586. The van der Waals surface area contributed by atoms with E-state index in [0.717, 1.165) is 11.5 Å². The highest BCUT2D eigenvalue weighted by molar-refractivity contribution is 14.0. The fraction of sp³-hybridized carbons (Fsp3) is 0.474. The van der Waals surface area contributed by atoms with Crippen molar-refractivity contribution >= 4 is 35.8 Å². The Kier molecular flexibility index (Phi) is 9.64. The standard InChI is InChI=1S/C19H28N4O2.HI/c1-5-10-21-19(20-4)22-11-16-6-8-17(9-7-16)18(24)23-12-14(2)25-15(3)13-23;/h5-9,14-15H,1,10-13H2,2-4H3,(H2,20,21,22);1H. The van der Waals surface area contributed by atoms with Crippen LogP contribution in [0, 0.1) is 0 Å². The van der Waals surface area contributed by atoms with Crippen LogP contribution in [0.15, 0.2) is 41.9 Å². The van der Waals surface area contributed by atoms with Crippen molar-refractivity contribution in [3.05, 3.63) is 48.0 Å². The van der Waals surface area contributed by atoms with Crippen LogP contribution in [0.2, 0.25) is 0 Å². The fourth-order valence-corrected chi connectivity index (χ4v) is 2.87. The first-order valence-corrected chi connectivity index (χ1v) is 8.62. The highest BCUT2D eigenvalue weighted by atomic mass is 127. The van der Waals surface area contributed by atoms with Gasteiger partial charge in [-0.1, -0.05) is 18.2 Å². The molecule has 0 aromatic heterocycles. The molecule has 1 amide bonds. The van der Waals surface area contributed by atoms with E-state index in [9.17, 15) is 4.79 Å². The predicted octanol–water partition coefficient (Wildman–Crippen LogP) is 2.41. The molecule has 1 saturated heterocycles. The summed E-state index contributed by atoms with van der Waals surface area (Å²) < 4.78 is 5.69. The summed E-state index contributed by atoms with van der Waals surface area (Å²) in [6.07, 6.45) is 1.93. The first kappa shape index (κ1) is 22.4. The molecule has 1 aromatic rings. The number of ether oxygens (including phenoxy) is 1. The molecule has 144 valence electrons. The summed E-state index contributed by atoms with van der Waals surface area (Å²) in [4.78, 5) is 18.7. The average molecular weight is 472 g/mol. The number of carbonyl (C=O) groups is 1. The molecule has 0 spiro atoms. The fourth-order valence-electron chi connectivity index (χ4n) is 2.87. The number of hydrogen-bond acceptors (Lipinski definition) is 3. The summed E-state index contributed by atoms with van der Waals surface area (Å²) in [7, 11) is 1.73. The van der Waals surface area contributed by atoms with E-state index in [4.69, 9.17) is 4.74 Å². The molecule has 2 atom stereocenters. The van der Waals surface area contributed by atoms with E-state index in [1.807, 2.05) is 43.0 Å². The van der Waals surface area contributed by atoms with E-state index in [-0.39, 0.29) is 42.1 Å². The SMILES string of the molecule is C=CCNC(=NC)NCc1ccc(C(=O)N2CC(C)OC(C)C2)cc1.I. The van der Waals surface area contributed by atoms with Crippen LogP contribution in [0.1, 0.15) is 29.8 Å². The van der Waals surface area contributed by atoms with E-state index in [2.05, 4.69) is 22.2 Å². The van der Waals surface area contributed by atoms with Crippen LogP contribution in [0.5, 0.6) is 0 Å². The van der Waals surface area contributed by atoms with Crippen LogP contribution < -0.4 is 10.6 Å². The Labute approximate surface area is 173 Å². The van der Waals surface area contributed by atoms with Gasteiger partial charge in [-0.3, -0.25) is 9.79 Å². The highest BCUT2D eigenvalue weighted by Gasteiger charge is 2.26. The van der Waals surface area contributed by atoms with Gasteiger partial charge >= 0.3 is 0 Å². The summed E-state index contributed by atoms with van der Waals surface area (Å²) in [5, 5.41) is 6.34. The number of guanidine groups is 1. The maximum atomic E-state index is 12.6. The molecular formula is C19H29IN4O2. The van der Waals surface area contributed by atoms with Gasteiger partial charge in [-0.2, -0.15) is 0 Å². The van der Waals surface area contributed by atoms with Gasteiger partial charge in [0, 0.05) is 38.8 Å². The maximum Gasteiger partial charge on any atom is 0.254 e. The number of carbonyl (C=O) groups excluding carboxylic acids is 1. The van der Waals surface area contributed by atoms with Crippen molar-refractivity contribution in [2.24, 2.45) is 4.99 Å². The largest absolute Gasteiger partial charge is 0.372 e. The number of amides is 1. The second-order valence-corrected chi connectivity index (χ2v) is 6.26. The monoisotopic (exact) mass is 472 g/mol. The molecular weight excluding hydrogens is 443 g/mol. The Bertz CT molecular complexity index is 608. The van der Waals surface area contributed by atoms with Crippen LogP contribution in [0.25, 0.3) is 0 Å². The molecule has 0 saturated carbocycles. The number of halogens is 1. The number of rotatable bonds is 5. The van der Waals surface area contributed by atoms with E-state index in [1.54, 1.807) is 13.1 Å². The first-order valence-electron chi connectivity index (χ1n) is 8.62. The minimum Gasteiger partial charge on any atom is -0.372 e. The molecule has 26 heavy (non-hydrogen) atoms. The zero-order valence-electron chi connectivity index (χ0n) is 15.7. The lowest BCUT2D eigenvalue weighted by atomic mass is 10.1. The lowest BCUT2D eigenvalue weighted by Crippen LogP contribution is -2.48. The smallest absolute Gasteiger partial charge is 0.254 e. The Hall–Kier alpha value is -1.61. The molecule has 0 aliphatic carbocycles. The van der Waals surface area contributed by atoms with E-state index in [1.165, 1.54) is 0 Å². The van der Waals surface area contributed by atoms with Crippen molar-refractivity contribution < 1.29 is 9.53 Å². The third kappa shape index (κ3) is 6.60. The van der Waals surface area contributed by atoms with Crippen molar-refractivity contribution in [2.75, 3.05) is 26.7 Å². The topological polar surface area (TPSA) is 66.0 Å². The third-order valence-electron chi connectivity index (χ3n) is 4.01. The molecule has 1 aliphatic rings. The Morgan fingerprint density at radius 3 is 2.42 bits per heavy atom. The van der Waals surface area contributed by atoms with E-state index in [0.29, 0.717) is 31.7 Å². The Balaban J connectivity index is 0.00000338. The number of hydrogen-bond donors (Lipinski definition) is 2. The van der Waals surface area contributed by atoms with Crippen molar-refractivity contribution in [3.8, 4) is 0 Å². The molecule has 1 fully saturated rings. The summed E-state index contributed by atoms with van der Waals surface area (Å²) in [5.41, 5.74) is 1.79. The zero-order chi connectivity index (χ0) is 18.2. The number of benzene rings is 1. The summed E-state index contributed by atoms with van der Waals surface area (Å²) in [6.45, 7) is 10.2. The molecule has 1 aliphatic heterocycles. The molecule has 7 heteroatoms. The predicted molar refractivity (Wildman–Crippen MR) is 116 cm³/mol. The van der Waals surface area contributed by atoms with Crippen LogP contribution >= 0.6 is 24.0 Å². The Morgan fingerprint density at radius 1 is 1.27 bits per heavy atom. The lowest BCUT2D eigenvalue weighted by Gasteiger charge is -2.35. The van der Waals surface area contributed by atoms with Crippen molar-refractivity contribution in [2.45, 2.75) is 32.6 Å². The molecule has 1 heterocycles. The van der Waals surface area contributed by atoms with Gasteiger partial charge in [-0.25, -0.2) is 0 Å². The van der Waals surface area contributed by atoms with Gasteiger partial charge in [0.25, 0.3) is 5.91 Å². The number of nitrogens with zero attached hydrogens (tertiary/aromatic N) is 2. The Morgan fingerprint density at radius 2 is 1.88 bits per heavy atom. The molecule has 0 radical (unpaired) electrons. The van der Waals surface area contributed by atoms with Crippen LogP contribution in [-0.2, 0) is 11.3 Å². The molecule has 2 N–H and O–H groups in total. The average Bonchev–Trinajstić information content (AvgIpc) is 2.61. The van der Waals surface area contributed by atoms with Gasteiger partial charge in [-0.15, -0.1) is 30.6 Å². The number of nitrogens with one attached hydrogen (secondary N) is 2. The summed E-state index contributed by atoms with van der Waals surface area (Å²) >= 11 is 0. The van der Waals surface area contributed by atoms with Gasteiger partial charge < -0.3 is 20.3 Å². The van der Waals surface area contributed by atoms with E-state index < -0.39 is 0 Å². The highest BCUT2D eigenvalue weighted by Crippen LogP contribution is 2.15. The quantitative estimate of drug-likeness (QED) is 0.299. The molecule has 2 rings (SSSR count). The van der Waals surface area contributed by atoms with Gasteiger partial charge in [0.05, 0.1) is 12.2 Å². The summed E-state index contributed by atoms with van der Waals surface area (Å²) in [5.74, 6) is 0.779. The van der Waals surface area contributed by atoms with Crippen LogP contribution in [0.4, 0.5) is 0 Å².